The molecule has 8 nitrogen and oxygen atoms in total. The number of aromatic nitrogens is 2. The van der Waals surface area contributed by atoms with E-state index in [1.807, 2.05) is 50.2 Å². The minimum Gasteiger partial charge on any atom is -0.493 e. The second kappa shape index (κ2) is 10.3. The number of rotatable bonds is 7. The van der Waals surface area contributed by atoms with Crippen LogP contribution < -0.4 is 24.8 Å². The Labute approximate surface area is 221 Å². The van der Waals surface area contributed by atoms with Gasteiger partial charge in [0.25, 0.3) is 5.91 Å². The van der Waals surface area contributed by atoms with Crippen molar-refractivity contribution in [3.8, 4) is 17.2 Å². The lowest BCUT2D eigenvalue weighted by molar-refractivity contribution is 0.102. The van der Waals surface area contributed by atoms with Crippen molar-refractivity contribution in [2.24, 2.45) is 0 Å². The Morgan fingerprint density at radius 2 is 1.53 bits per heavy atom. The molecule has 2 N–H and O–H groups in total. The van der Waals surface area contributed by atoms with Crippen LogP contribution in [0.25, 0.3) is 5.70 Å². The van der Waals surface area contributed by atoms with Gasteiger partial charge < -0.3 is 24.8 Å². The highest BCUT2D eigenvalue weighted by Gasteiger charge is 2.31. The Morgan fingerprint density at radius 3 is 2.16 bits per heavy atom. The third-order valence-corrected chi connectivity index (χ3v) is 6.61. The van der Waals surface area contributed by atoms with Gasteiger partial charge in [-0.05, 0) is 49.8 Å². The van der Waals surface area contributed by atoms with Crippen molar-refractivity contribution in [2.45, 2.75) is 19.9 Å². The van der Waals surface area contributed by atoms with Crippen LogP contribution in [0.3, 0.4) is 0 Å². The van der Waals surface area contributed by atoms with Gasteiger partial charge in [-0.2, -0.15) is 5.10 Å². The second-order valence-electron chi connectivity index (χ2n) is 9.11. The van der Waals surface area contributed by atoms with Gasteiger partial charge in [0, 0.05) is 16.9 Å². The van der Waals surface area contributed by atoms with Crippen LogP contribution in [0.15, 0.2) is 72.9 Å². The lowest BCUT2D eigenvalue weighted by Gasteiger charge is -2.28. The van der Waals surface area contributed by atoms with E-state index < -0.39 is 6.04 Å². The molecule has 0 unspecified atom stereocenters. The van der Waals surface area contributed by atoms with Gasteiger partial charge >= 0.3 is 0 Å². The number of amides is 1. The molecule has 0 radical (unpaired) electrons. The Kier molecular flexibility index (Phi) is 6.79. The molecule has 5 rings (SSSR count). The number of carbonyl (C=O) groups is 1. The lowest BCUT2D eigenvalue weighted by atomic mass is 9.99. The lowest BCUT2D eigenvalue weighted by Crippen LogP contribution is -2.22. The van der Waals surface area contributed by atoms with Crippen molar-refractivity contribution in [3.63, 3.8) is 0 Å². The van der Waals surface area contributed by atoms with Gasteiger partial charge in [-0.1, -0.05) is 47.5 Å². The maximum Gasteiger partial charge on any atom is 0.261 e. The van der Waals surface area contributed by atoms with Crippen LogP contribution in [0.4, 0.5) is 11.5 Å². The normalized spacial score (nSPS) is 14.1. The summed E-state index contributed by atoms with van der Waals surface area (Å²) in [5.41, 5.74) is 6.06. The number of hydrogen-bond acceptors (Lipinski definition) is 6. The molecule has 194 valence electrons. The zero-order valence-corrected chi connectivity index (χ0v) is 22.0. The quantitative estimate of drug-likeness (QED) is 0.325. The fourth-order valence-corrected chi connectivity index (χ4v) is 4.58. The second-order valence-corrected chi connectivity index (χ2v) is 9.11. The number of hydrogen-bond donors (Lipinski definition) is 2. The molecular weight excluding hydrogens is 480 g/mol. The molecule has 1 aliphatic heterocycles. The molecule has 2 heterocycles. The fourth-order valence-electron chi connectivity index (χ4n) is 4.58. The van der Waals surface area contributed by atoms with Crippen molar-refractivity contribution in [3.05, 3.63) is 101 Å². The van der Waals surface area contributed by atoms with Gasteiger partial charge in [0.15, 0.2) is 11.5 Å². The number of ether oxygens (including phenoxy) is 3. The first kappa shape index (κ1) is 25.0. The summed E-state index contributed by atoms with van der Waals surface area (Å²) in [6, 6.07) is 19.3. The molecule has 0 saturated heterocycles. The van der Waals surface area contributed by atoms with Crippen LogP contribution in [-0.4, -0.2) is 37.0 Å². The van der Waals surface area contributed by atoms with Crippen molar-refractivity contribution in [1.29, 1.82) is 0 Å². The number of aryl methyl sites for hydroxylation is 2. The number of anilines is 2. The van der Waals surface area contributed by atoms with Crippen molar-refractivity contribution in [1.82, 2.24) is 9.78 Å². The predicted octanol–water partition coefficient (Wildman–Crippen LogP) is 5.83. The number of benzene rings is 3. The molecule has 1 aliphatic rings. The monoisotopic (exact) mass is 510 g/mol. The number of allylic oxidation sites excluding steroid dienone is 1. The number of carbonyl (C=O) groups excluding carboxylic acids is 1. The van der Waals surface area contributed by atoms with E-state index in [9.17, 15) is 4.79 Å². The molecule has 8 heteroatoms. The van der Waals surface area contributed by atoms with Crippen LogP contribution in [-0.2, 0) is 0 Å². The van der Waals surface area contributed by atoms with Crippen molar-refractivity contribution in [2.75, 3.05) is 32.0 Å². The Bertz CT molecular complexity index is 1500. The first-order valence-corrected chi connectivity index (χ1v) is 12.2. The van der Waals surface area contributed by atoms with E-state index in [-0.39, 0.29) is 5.91 Å². The highest BCUT2D eigenvalue weighted by atomic mass is 16.5. The Morgan fingerprint density at radius 1 is 0.868 bits per heavy atom. The zero-order valence-electron chi connectivity index (χ0n) is 22.0. The minimum absolute atomic E-state index is 0.259. The molecule has 0 bridgehead atoms. The number of fused-ring (bicyclic) bond motifs is 1. The first-order chi connectivity index (χ1) is 18.4. The summed E-state index contributed by atoms with van der Waals surface area (Å²) in [6.07, 6.45) is 3.65. The standard InChI is InChI=1S/C30H30N4O4/c1-18-6-10-20(11-7-18)24-16-25(22-14-15-26(36-3)28(38-5)27(22)37-4)34-29(33-24)23(17-31-34)30(35)32-21-12-8-19(2)9-13-21/h6-17,25,33H,1-5H3,(H,32,35)/t25-/m0/s1. The van der Waals surface area contributed by atoms with E-state index in [2.05, 4.69) is 46.1 Å². The molecular formula is C30H30N4O4. The van der Waals surface area contributed by atoms with E-state index >= 15 is 0 Å². The summed E-state index contributed by atoms with van der Waals surface area (Å²) >= 11 is 0. The van der Waals surface area contributed by atoms with Crippen molar-refractivity contribution < 1.29 is 19.0 Å². The third kappa shape index (κ3) is 4.56. The molecule has 38 heavy (non-hydrogen) atoms. The van der Waals surface area contributed by atoms with Crippen LogP contribution in [0, 0.1) is 13.8 Å². The van der Waals surface area contributed by atoms with Crippen LogP contribution in [0.1, 0.15) is 38.7 Å². The summed E-state index contributed by atoms with van der Waals surface area (Å²) in [5.74, 6) is 1.90. The summed E-state index contributed by atoms with van der Waals surface area (Å²) in [4.78, 5) is 13.4. The molecule has 1 atom stereocenters. The molecule has 3 aromatic carbocycles. The number of nitrogens with one attached hydrogen (secondary N) is 2. The van der Waals surface area contributed by atoms with Gasteiger partial charge in [0.2, 0.25) is 5.75 Å². The van der Waals surface area contributed by atoms with Gasteiger partial charge in [-0.25, -0.2) is 4.68 Å². The predicted molar refractivity (Wildman–Crippen MR) is 148 cm³/mol. The highest BCUT2D eigenvalue weighted by Crippen LogP contribution is 2.45. The summed E-state index contributed by atoms with van der Waals surface area (Å²) in [6.45, 7) is 4.05. The maximum absolute atomic E-state index is 13.4. The van der Waals surface area contributed by atoms with E-state index in [4.69, 9.17) is 14.2 Å². The molecule has 0 fully saturated rings. The minimum atomic E-state index is -0.391. The van der Waals surface area contributed by atoms with E-state index in [1.54, 1.807) is 32.2 Å². The topological polar surface area (TPSA) is 86.6 Å². The SMILES string of the molecule is COc1ccc([C@@H]2C=C(c3ccc(C)cc3)Nc3c(C(=O)Nc4ccc(C)cc4)cnn32)c(OC)c1OC. The Balaban J connectivity index is 1.62. The summed E-state index contributed by atoms with van der Waals surface area (Å²) in [7, 11) is 4.76. The third-order valence-electron chi connectivity index (χ3n) is 6.61. The number of methoxy groups -OCH3 is 3. The average Bonchev–Trinajstić information content (AvgIpc) is 3.37. The smallest absolute Gasteiger partial charge is 0.261 e. The van der Waals surface area contributed by atoms with Crippen LogP contribution in [0.5, 0.6) is 17.2 Å². The molecule has 1 aromatic heterocycles. The molecule has 4 aromatic rings. The Hall–Kier alpha value is -4.72. The highest BCUT2D eigenvalue weighted by molar-refractivity contribution is 6.08. The maximum atomic E-state index is 13.4. The van der Waals surface area contributed by atoms with Crippen LogP contribution >= 0.6 is 0 Å². The molecule has 0 aliphatic carbocycles. The zero-order chi connectivity index (χ0) is 26.8. The van der Waals surface area contributed by atoms with Gasteiger partial charge in [0.05, 0.1) is 27.5 Å². The summed E-state index contributed by atoms with van der Waals surface area (Å²) < 4.78 is 18.7. The van der Waals surface area contributed by atoms with Gasteiger partial charge in [-0.3, -0.25) is 4.79 Å². The van der Waals surface area contributed by atoms with Crippen LogP contribution in [0.2, 0.25) is 0 Å². The van der Waals surface area contributed by atoms with E-state index in [0.717, 1.165) is 28.0 Å². The largest absolute Gasteiger partial charge is 0.493 e. The average molecular weight is 511 g/mol. The van der Waals surface area contributed by atoms with E-state index in [0.29, 0.717) is 34.3 Å². The summed E-state index contributed by atoms with van der Waals surface area (Å²) in [5, 5.41) is 11.1. The first-order valence-electron chi connectivity index (χ1n) is 12.2. The molecule has 1 amide bonds. The van der Waals surface area contributed by atoms with Crippen molar-refractivity contribution >= 4 is 23.1 Å². The number of nitrogens with zero attached hydrogens (tertiary/aromatic N) is 2. The fraction of sp³-hybridized carbons (Fsp3) is 0.200. The van der Waals surface area contributed by atoms with Gasteiger partial charge in [0.1, 0.15) is 17.4 Å². The van der Waals surface area contributed by atoms with Gasteiger partial charge in [-0.15, -0.1) is 0 Å². The molecule has 0 spiro atoms. The molecule has 0 saturated carbocycles. The van der Waals surface area contributed by atoms with E-state index in [1.165, 1.54) is 0 Å².